The van der Waals surface area contributed by atoms with Crippen molar-refractivity contribution < 1.29 is 33.7 Å². The molecular weight excluding hydrogens is 424 g/mol. The number of benzene rings is 2. The number of carbonyl (C=O) groups excluding carboxylic acids is 3. The largest absolute Gasteiger partial charge is 0.502 e. The van der Waals surface area contributed by atoms with Crippen molar-refractivity contribution in [2.45, 2.75) is 0 Å². The van der Waals surface area contributed by atoms with E-state index in [9.17, 15) is 19.5 Å². The molecule has 2 aromatic carbocycles. The van der Waals surface area contributed by atoms with Crippen molar-refractivity contribution in [1.82, 2.24) is 4.90 Å². The average Bonchev–Trinajstić information content (AvgIpc) is 3.02. The van der Waals surface area contributed by atoms with Crippen molar-refractivity contribution in [3.05, 3.63) is 46.9 Å². The van der Waals surface area contributed by atoms with Crippen LogP contribution in [-0.2, 0) is 9.59 Å². The molecule has 0 unspecified atom stereocenters. The van der Waals surface area contributed by atoms with E-state index in [-0.39, 0.29) is 22.2 Å². The van der Waals surface area contributed by atoms with Crippen LogP contribution < -0.4 is 19.5 Å². The van der Waals surface area contributed by atoms with Crippen molar-refractivity contribution in [3.63, 3.8) is 0 Å². The summed E-state index contributed by atoms with van der Waals surface area (Å²) < 4.78 is 15.2. The van der Waals surface area contributed by atoms with Gasteiger partial charge in [0.15, 0.2) is 11.5 Å². The molecule has 1 aliphatic heterocycles. The van der Waals surface area contributed by atoms with Gasteiger partial charge in [-0.15, -0.1) is 0 Å². The quantitative estimate of drug-likeness (QED) is 0.626. The van der Waals surface area contributed by atoms with Crippen molar-refractivity contribution >= 4 is 40.6 Å². The first-order chi connectivity index (χ1) is 14.9. The Balaban J connectivity index is 1.73. The third-order valence-corrected chi connectivity index (χ3v) is 5.26. The lowest BCUT2D eigenvalue weighted by atomic mass is 10.1. The highest BCUT2D eigenvalue weighted by Crippen LogP contribution is 2.39. The van der Waals surface area contributed by atoms with E-state index in [0.717, 1.165) is 16.7 Å². The van der Waals surface area contributed by atoms with E-state index in [1.165, 1.54) is 39.5 Å². The van der Waals surface area contributed by atoms with Gasteiger partial charge in [-0.2, -0.15) is 0 Å². The van der Waals surface area contributed by atoms with Gasteiger partial charge in [0.2, 0.25) is 11.7 Å². The second kappa shape index (κ2) is 9.43. The molecule has 1 heterocycles. The zero-order valence-corrected chi connectivity index (χ0v) is 17.8. The normalized spacial score (nSPS) is 14.7. The molecular formula is C21H20N2O7S. The molecule has 1 aliphatic rings. The summed E-state index contributed by atoms with van der Waals surface area (Å²) in [6.45, 7) is -0.420. The number of methoxy groups -OCH3 is 3. The number of imide groups is 1. The standard InChI is InChI=1S/C21H20N2O7S/c1-28-14-6-4-13(5-7-14)22-18(24)11-23-20(26)17(31-21(23)27)10-12-8-15(29-2)19(25)16(9-12)30-3/h4-10,25H,11H2,1-3H3,(H,22,24)/b17-10-. The average molecular weight is 444 g/mol. The zero-order chi connectivity index (χ0) is 22.5. The first-order valence-electron chi connectivity index (χ1n) is 9.00. The van der Waals surface area contributed by atoms with Gasteiger partial charge >= 0.3 is 0 Å². The van der Waals surface area contributed by atoms with E-state index in [1.807, 2.05) is 0 Å². The Hall–Kier alpha value is -3.66. The molecule has 0 bridgehead atoms. The van der Waals surface area contributed by atoms with E-state index in [0.29, 0.717) is 17.0 Å². The Kier molecular flexibility index (Phi) is 6.71. The molecule has 2 N–H and O–H groups in total. The van der Waals surface area contributed by atoms with Gasteiger partial charge in [0.25, 0.3) is 11.1 Å². The van der Waals surface area contributed by atoms with Crippen molar-refractivity contribution in [2.75, 3.05) is 33.2 Å². The van der Waals surface area contributed by atoms with Crippen LogP contribution in [0.1, 0.15) is 5.56 Å². The molecule has 0 radical (unpaired) electrons. The fourth-order valence-corrected chi connectivity index (χ4v) is 3.64. The van der Waals surface area contributed by atoms with E-state index >= 15 is 0 Å². The highest BCUT2D eigenvalue weighted by molar-refractivity contribution is 8.18. The molecule has 3 amide bonds. The lowest BCUT2D eigenvalue weighted by Gasteiger charge is -2.12. The van der Waals surface area contributed by atoms with Gasteiger partial charge in [0.05, 0.1) is 26.2 Å². The predicted molar refractivity (Wildman–Crippen MR) is 116 cm³/mol. The van der Waals surface area contributed by atoms with Gasteiger partial charge in [-0.1, -0.05) is 0 Å². The Bertz CT molecular complexity index is 1030. The van der Waals surface area contributed by atoms with Crippen LogP contribution in [0.4, 0.5) is 10.5 Å². The first-order valence-corrected chi connectivity index (χ1v) is 9.82. The SMILES string of the molecule is COc1ccc(NC(=O)CN2C(=O)S/C(=C\c3cc(OC)c(O)c(OC)c3)C2=O)cc1. The highest BCUT2D eigenvalue weighted by atomic mass is 32.2. The number of phenols is 1. The molecule has 31 heavy (non-hydrogen) atoms. The third-order valence-electron chi connectivity index (χ3n) is 4.35. The maximum absolute atomic E-state index is 12.7. The first kappa shape index (κ1) is 22.0. The highest BCUT2D eigenvalue weighted by Gasteiger charge is 2.36. The molecule has 1 saturated heterocycles. The molecule has 2 aromatic rings. The fraction of sp³-hybridized carbons (Fsp3) is 0.190. The number of amides is 3. The third kappa shape index (κ3) is 4.92. The summed E-state index contributed by atoms with van der Waals surface area (Å²) in [5, 5.41) is 12.1. The molecule has 1 fully saturated rings. The number of carbonyl (C=O) groups is 3. The number of rotatable bonds is 7. The molecule has 9 nitrogen and oxygen atoms in total. The number of hydrogen-bond acceptors (Lipinski definition) is 8. The number of ether oxygens (including phenoxy) is 3. The summed E-state index contributed by atoms with van der Waals surface area (Å²) in [5.74, 6) is -0.331. The van der Waals surface area contributed by atoms with Crippen LogP contribution in [0.25, 0.3) is 6.08 Å². The molecule has 3 rings (SSSR count). The number of hydrogen-bond donors (Lipinski definition) is 2. The molecule has 0 spiro atoms. The predicted octanol–water partition coefficient (Wildman–Crippen LogP) is 3.09. The summed E-state index contributed by atoms with van der Waals surface area (Å²) in [6, 6.07) is 9.66. The maximum Gasteiger partial charge on any atom is 0.294 e. The fourth-order valence-electron chi connectivity index (χ4n) is 2.80. The molecule has 0 aliphatic carbocycles. The number of nitrogens with one attached hydrogen (secondary N) is 1. The minimum absolute atomic E-state index is 0.136. The lowest BCUT2D eigenvalue weighted by molar-refractivity contribution is -0.127. The van der Waals surface area contributed by atoms with E-state index in [1.54, 1.807) is 24.3 Å². The second-order valence-corrected chi connectivity index (χ2v) is 7.31. The monoisotopic (exact) mass is 444 g/mol. The van der Waals surface area contributed by atoms with Gasteiger partial charge in [0, 0.05) is 5.69 Å². The van der Waals surface area contributed by atoms with E-state index < -0.39 is 23.6 Å². The van der Waals surface area contributed by atoms with Crippen LogP contribution in [0.5, 0.6) is 23.0 Å². The van der Waals surface area contributed by atoms with Gasteiger partial charge < -0.3 is 24.6 Å². The number of thioether (sulfide) groups is 1. The zero-order valence-electron chi connectivity index (χ0n) is 17.0. The Morgan fingerprint density at radius 2 is 1.68 bits per heavy atom. The number of aromatic hydroxyl groups is 1. The lowest BCUT2D eigenvalue weighted by Crippen LogP contribution is -2.36. The van der Waals surface area contributed by atoms with Gasteiger partial charge in [0.1, 0.15) is 12.3 Å². The van der Waals surface area contributed by atoms with Crippen LogP contribution in [0.3, 0.4) is 0 Å². The maximum atomic E-state index is 12.7. The Morgan fingerprint density at radius 1 is 1.06 bits per heavy atom. The van der Waals surface area contributed by atoms with Crippen molar-refractivity contribution in [1.29, 1.82) is 0 Å². The second-order valence-electron chi connectivity index (χ2n) is 6.32. The van der Waals surface area contributed by atoms with Crippen LogP contribution in [0.2, 0.25) is 0 Å². The number of phenolic OH excluding ortho intramolecular Hbond substituents is 1. The summed E-state index contributed by atoms with van der Waals surface area (Å²) in [4.78, 5) is 38.3. The van der Waals surface area contributed by atoms with Crippen LogP contribution >= 0.6 is 11.8 Å². The van der Waals surface area contributed by atoms with Crippen LogP contribution in [-0.4, -0.2) is 54.9 Å². The van der Waals surface area contributed by atoms with Gasteiger partial charge in [-0.05, 0) is 59.8 Å². The van der Waals surface area contributed by atoms with E-state index in [4.69, 9.17) is 14.2 Å². The summed E-state index contributed by atoms with van der Waals surface area (Å²) in [7, 11) is 4.30. The topological polar surface area (TPSA) is 114 Å². The molecule has 162 valence electrons. The summed E-state index contributed by atoms with van der Waals surface area (Å²) >= 11 is 0.719. The molecule has 0 atom stereocenters. The van der Waals surface area contributed by atoms with Gasteiger partial charge in [-0.25, -0.2) is 0 Å². The Labute approximate surface area is 182 Å². The number of anilines is 1. The van der Waals surface area contributed by atoms with Gasteiger partial charge in [-0.3, -0.25) is 19.3 Å². The summed E-state index contributed by atoms with van der Waals surface area (Å²) in [5.41, 5.74) is 0.997. The molecule has 10 heteroatoms. The minimum atomic E-state index is -0.592. The molecule has 0 saturated carbocycles. The Morgan fingerprint density at radius 3 is 2.23 bits per heavy atom. The van der Waals surface area contributed by atoms with E-state index in [2.05, 4.69) is 5.32 Å². The van der Waals surface area contributed by atoms with Crippen molar-refractivity contribution in [2.24, 2.45) is 0 Å². The minimum Gasteiger partial charge on any atom is -0.502 e. The smallest absolute Gasteiger partial charge is 0.294 e. The summed E-state index contributed by atoms with van der Waals surface area (Å²) in [6.07, 6.45) is 1.47. The van der Waals surface area contributed by atoms with Crippen LogP contribution in [0.15, 0.2) is 41.3 Å². The van der Waals surface area contributed by atoms with Crippen LogP contribution in [0, 0.1) is 0 Å². The number of nitrogens with zero attached hydrogens (tertiary/aromatic N) is 1. The van der Waals surface area contributed by atoms with Crippen molar-refractivity contribution in [3.8, 4) is 23.0 Å². The molecule has 0 aromatic heterocycles.